The molecule has 0 N–H and O–H groups in total. The number of ether oxygens (including phenoxy) is 1. The second-order valence-corrected chi connectivity index (χ2v) is 7.18. The highest BCUT2D eigenvalue weighted by Gasteiger charge is 2.31. The predicted octanol–water partition coefficient (Wildman–Crippen LogP) is 5.15. The number of carbonyl (C=O) groups is 1. The Morgan fingerprint density at radius 1 is 1.10 bits per heavy atom. The fraction of sp³-hybridized carbons (Fsp3) is 0.944. The van der Waals surface area contributed by atoms with Crippen LogP contribution < -0.4 is 0 Å². The van der Waals surface area contributed by atoms with Crippen LogP contribution in [0.3, 0.4) is 0 Å². The number of carbonyl (C=O) groups excluding carboxylic acids is 1. The maximum Gasteiger partial charge on any atom is 0.129 e. The standard InChI is InChI=1S/C18H34O2/c1-16(2)15-18(10-5-4-6-11-18)12-8-14-20-13-7-9-17(3)19/h16H,4-15H2,1-3H3. The predicted molar refractivity (Wildman–Crippen MR) is 84.9 cm³/mol. The Morgan fingerprint density at radius 2 is 1.75 bits per heavy atom. The maximum absolute atomic E-state index is 10.8. The molecule has 2 nitrogen and oxygen atoms in total. The minimum atomic E-state index is 0.270. The van der Waals surface area contributed by atoms with Crippen molar-refractivity contribution in [1.29, 1.82) is 0 Å². The Morgan fingerprint density at radius 3 is 2.35 bits per heavy atom. The summed E-state index contributed by atoms with van der Waals surface area (Å²) in [5.41, 5.74) is 0.606. The van der Waals surface area contributed by atoms with Crippen molar-refractivity contribution >= 4 is 5.78 Å². The van der Waals surface area contributed by atoms with Crippen LogP contribution in [0, 0.1) is 11.3 Å². The Hall–Kier alpha value is -0.370. The molecule has 0 atom stereocenters. The van der Waals surface area contributed by atoms with Crippen LogP contribution >= 0.6 is 0 Å². The molecule has 0 spiro atoms. The molecule has 1 aliphatic rings. The van der Waals surface area contributed by atoms with Gasteiger partial charge in [-0.1, -0.05) is 33.1 Å². The van der Waals surface area contributed by atoms with Gasteiger partial charge in [-0.3, -0.25) is 0 Å². The molecular weight excluding hydrogens is 248 g/mol. The first-order valence-corrected chi connectivity index (χ1v) is 8.61. The molecule has 118 valence electrons. The zero-order valence-corrected chi connectivity index (χ0v) is 13.9. The van der Waals surface area contributed by atoms with Crippen molar-refractivity contribution in [1.82, 2.24) is 0 Å². The van der Waals surface area contributed by atoms with E-state index in [9.17, 15) is 4.79 Å². The molecular formula is C18H34O2. The summed E-state index contributed by atoms with van der Waals surface area (Å²) in [5, 5.41) is 0. The average molecular weight is 282 g/mol. The molecule has 0 bridgehead atoms. The van der Waals surface area contributed by atoms with Gasteiger partial charge in [-0.05, 0) is 56.8 Å². The molecule has 0 aliphatic heterocycles. The van der Waals surface area contributed by atoms with Crippen molar-refractivity contribution in [3.8, 4) is 0 Å². The second-order valence-electron chi connectivity index (χ2n) is 7.18. The second kappa shape index (κ2) is 9.55. The zero-order chi connectivity index (χ0) is 14.8. The number of Topliss-reactive ketones (excluding diaryl/α,β-unsaturated/α-hetero) is 1. The lowest BCUT2D eigenvalue weighted by molar-refractivity contribution is -0.117. The smallest absolute Gasteiger partial charge is 0.129 e. The van der Waals surface area contributed by atoms with Crippen molar-refractivity contribution in [2.75, 3.05) is 13.2 Å². The third-order valence-electron chi connectivity index (χ3n) is 4.57. The highest BCUT2D eigenvalue weighted by molar-refractivity contribution is 5.75. The first kappa shape index (κ1) is 17.7. The summed E-state index contributed by atoms with van der Waals surface area (Å²) in [5.74, 6) is 1.08. The fourth-order valence-corrected chi connectivity index (χ4v) is 3.80. The van der Waals surface area contributed by atoms with E-state index < -0.39 is 0 Å². The molecule has 1 aliphatic carbocycles. The minimum absolute atomic E-state index is 0.270. The van der Waals surface area contributed by atoms with E-state index in [0.717, 1.165) is 25.6 Å². The van der Waals surface area contributed by atoms with Crippen molar-refractivity contribution < 1.29 is 9.53 Å². The first-order chi connectivity index (χ1) is 9.54. The van der Waals surface area contributed by atoms with Crippen LogP contribution in [0.2, 0.25) is 0 Å². The molecule has 0 aromatic rings. The lowest BCUT2D eigenvalue weighted by Gasteiger charge is -2.39. The molecule has 0 saturated heterocycles. The summed E-state index contributed by atoms with van der Waals surface area (Å²) in [6, 6.07) is 0. The van der Waals surface area contributed by atoms with Crippen LogP contribution in [-0.2, 0) is 9.53 Å². The number of hydrogen-bond acceptors (Lipinski definition) is 2. The van der Waals surface area contributed by atoms with Crippen LogP contribution in [0.25, 0.3) is 0 Å². The lowest BCUT2D eigenvalue weighted by atomic mass is 9.67. The largest absolute Gasteiger partial charge is 0.381 e. The molecule has 0 radical (unpaired) electrons. The van der Waals surface area contributed by atoms with Gasteiger partial charge in [-0.25, -0.2) is 0 Å². The van der Waals surface area contributed by atoms with Gasteiger partial charge in [-0.2, -0.15) is 0 Å². The van der Waals surface area contributed by atoms with Gasteiger partial charge in [0.1, 0.15) is 5.78 Å². The average Bonchev–Trinajstić information content (AvgIpc) is 2.37. The molecule has 0 amide bonds. The highest BCUT2D eigenvalue weighted by atomic mass is 16.5. The van der Waals surface area contributed by atoms with Gasteiger partial charge in [0.15, 0.2) is 0 Å². The van der Waals surface area contributed by atoms with E-state index in [-0.39, 0.29) is 5.78 Å². The van der Waals surface area contributed by atoms with Gasteiger partial charge in [0.05, 0.1) is 0 Å². The van der Waals surface area contributed by atoms with Crippen molar-refractivity contribution in [3.05, 3.63) is 0 Å². The van der Waals surface area contributed by atoms with E-state index in [2.05, 4.69) is 13.8 Å². The molecule has 1 fully saturated rings. The monoisotopic (exact) mass is 282 g/mol. The van der Waals surface area contributed by atoms with Gasteiger partial charge >= 0.3 is 0 Å². The molecule has 1 rings (SSSR count). The van der Waals surface area contributed by atoms with Gasteiger partial charge in [0.2, 0.25) is 0 Å². The molecule has 0 aromatic carbocycles. The third kappa shape index (κ3) is 7.42. The normalized spacial score (nSPS) is 18.4. The Balaban J connectivity index is 2.17. The lowest BCUT2D eigenvalue weighted by Crippen LogP contribution is -2.26. The third-order valence-corrected chi connectivity index (χ3v) is 4.57. The minimum Gasteiger partial charge on any atom is -0.381 e. The summed E-state index contributed by atoms with van der Waals surface area (Å²) < 4.78 is 5.67. The summed E-state index contributed by atoms with van der Waals surface area (Å²) in [7, 11) is 0. The topological polar surface area (TPSA) is 26.3 Å². The van der Waals surface area contributed by atoms with Gasteiger partial charge in [0, 0.05) is 19.6 Å². The molecule has 0 heterocycles. The number of rotatable bonds is 10. The Labute approximate surface area is 125 Å². The fourth-order valence-electron chi connectivity index (χ4n) is 3.80. The summed E-state index contributed by atoms with van der Waals surface area (Å²) in [6.07, 6.45) is 12.6. The van der Waals surface area contributed by atoms with Gasteiger partial charge in [-0.15, -0.1) is 0 Å². The molecule has 20 heavy (non-hydrogen) atoms. The first-order valence-electron chi connectivity index (χ1n) is 8.61. The van der Waals surface area contributed by atoms with E-state index in [1.165, 1.54) is 51.4 Å². The Bertz CT molecular complexity index is 265. The van der Waals surface area contributed by atoms with Crippen LogP contribution in [0.5, 0.6) is 0 Å². The number of hydrogen-bond donors (Lipinski definition) is 0. The van der Waals surface area contributed by atoms with Gasteiger partial charge in [0.25, 0.3) is 0 Å². The van der Waals surface area contributed by atoms with Crippen LogP contribution in [0.1, 0.15) is 85.0 Å². The molecule has 0 unspecified atom stereocenters. The van der Waals surface area contributed by atoms with Crippen molar-refractivity contribution in [3.63, 3.8) is 0 Å². The van der Waals surface area contributed by atoms with Crippen LogP contribution in [0.15, 0.2) is 0 Å². The van der Waals surface area contributed by atoms with E-state index >= 15 is 0 Å². The van der Waals surface area contributed by atoms with E-state index in [1.54, 1.807) is 6.92 Å². The highest BCUT2D eigenvalue weighted by Crippen LogP contribution is 2.44. The Kier molecular flexibility index (Phi) is 8.44. The molecule has 2 heteroatoms. The maximum atomic E-state index is 10.8. The zero-order valence-electron chi connectivity index (χ0n) is 13.9. The van der Waals surface area contributed by atoms with Crippen LogP contribution in [-0.4, -0.2) is 19.0 Å². The summed E-state index contributed by atoms with van der Waals surface area (Å²) in [4.78, 5) is 10.8. The summed E-state index contributed by atoms with van der Waals surface area (Å²) >= 11 is 0. The SMILES string of the molecule is CC(=O)CCCOCCCC1(CC(C)C)CCCCC1. The quantitative estimate of drug-likeness (QED) is 0.518. The molecule has 0 aromatic heterocycles. The van der Waals surface area contributed by atoms with Crippen molar-refractivity contribution in [2.45, 2.75) is 85.0 Å². The van der Waals surface area contributed by atoms with E-state index in [1.807, 2.05) is 0 Å². The van der Waals surface area contributed by atoms with E-state index in [4.69, 9.17) is 4.74 Å². The van der Waals surface area contributed by atoms with E-state index in [0.29, 0.717) is 11.8 Å². The van der Waals surface area contributed by atoms with Crippen LogP contribution in [0.4, 0.5) is 0 Å². The van der Waals surface area contributed by atoms with Gasteiger partial charge < -0.3 is 9.53 Å². The number of ketones is 1. The molecule has 1 saturated carbocycles. The summed E-state index contributed by atoms with van der Waals surface area (Å²) in [6.45, 7) is 7.98. The van der Waals surface area contributed by atoms with Crippen molar-refractivity contribution in [2.24, 2.45) is 11.3 Å².